The van der Waals surface area contributed by atoms with Crippen molar-refractivity contribution in [3.05, 3.63) is 48.3 Å². The minimum absolute atomic E-state index is 0.417. The molecule has 2 atom stereocenters. The standard InChI is InChI=1S/C19H23N5O.C2H6/c1-13(25)14-7-8-19-21-11-17(24(19)12-14)16-5-2-6-18(23-16)22-15-4-3-9-20-10-15;1-2/h2,5-8,11-13,15,20,25H,3-4,9-10H2,1H3,(H,22,23);1-2H3. The number of imidazole rings is 1. The normalized spacial score (nSPS) is 17.9. The van der Waals surface area contributed by atoms with Crippen molar-refractivity contribution in [2.75, 3.05) is 18.4 Å². The van der Waals surface area contributed by atoms with Crippen molar-refractivity contribution in [3.8, 4) is 11.4 Å². The lowest BCUT2D eigenvalue weighted by Gasteiger charge is -2.24. The minimum atomic E-state index is -0.514. The summed E-state index contributed by atoms with van der Waals surface area (Å²) in [6.07, 6.45) is 5.59. The van der Waals surface area contributed by atoms with E-state index in [4.69, 9.17) is 4.98 Å². The highest BCUT2D eigenvalue weighted by Crippen LogP contribution is 2.23. The molecule has 4 rings (SSSR count). The van der Waals surface area contributed by atoms with Gasteiger partial charge in [0.1, 0.15) is 11.5 Å². The van der Waals surface area contributed by atoms with Crippen molar-refractivity contribution in [1.29, 1.82) is 0 Å². The van der Waals surface area contributed by atoms with Gasteiger partial charge in [0.05, 0.1) is 23.7 Å². The fraction of sp³-hybridized carbons (Fsp3) is 0.429. The molecule has 0 radical (unpaired) electrons. The number of nitrogens with zero attached hydrogens (tertiary/aromatic N) is 3. The third kappa shape index (κ3) is 4.46. The van der Waals surface area contributed by atoms with Crippen molar-refractivity contribution in [1.82, 2.24) is 19.7 Å². The van der Waals surface area contributed by atoms with Gasteiger partial charge >= 0.3 is 0 Å². The predicted octanol–water partition coefficient (Wildman–Crippen LogP) is 3.64. The average Bonchev–Trinajstić information content (AvgIpc) is 3.14. The molecular weight excluding hydrogens is 338 g/mol. The molecule has 2 unspecified atom stereocenters. The van der Waals surface area contributed by atoms with Crippen LogP contribution in [0.15, 0.2) is 42.7 Å². The van der Waals surface area contributed by atoms with E-state index in [0.717, 1.165) is 47.9 Å². The number of aliphatic hydroxyl groups is 1. The van der Waals surface area contributed by atoms with Crippen molar-refractivity contribution < 1.29 is 5.11 Å². The first-order chi connectivity index (χ1) is 13.2. The van der Waals surface area contributed by atoms with Crippen molar-refractivity contribution in [3.63, 3.8) is 0 Å². The molecule has 0 bridgehead atoms. The van der Waals surface area contributed by atoms with Gasteiger partial charge in [0.25, 0.3) is 0 Å². The summed E-state index contributed by atoms with van der Waals surface area (Å²) in [5.41, 5.74) is 3.48. The van der Waals surface area contributed by atoms with Gasteiger partial charge in [-0.2, -0.15) is 0 Å². The second-order valence-electron chi connectivity index (χ2n) is 6.61. The van der Waals surface area contributed by atoms with E-state index in [1.54, 1.807) is 6.92 Å². The van der Waals surface area contributed by atoms with Crippen LogP contribution in [0.25, 0.3) is 17.0 Å². The molecule has 6 heteroatoms. The van der Waals surface area contributed by atoms with E-state index in [0.29, 0.717) is 6.04 Å². The van der Waals surface area contributed by atoms with E-state index in [9.17, 15) is 5.11 Å². The molecule has 4 heterocycles. The molecular formula is C21H29N5O. The van der Waals surface area contributed by atoms with Gasteiger partial charge in [-0.3, -0.25) is 4.40 Å². The molecule has 1 aliphatic heterocycles. The quantitative estimate of drug-likeness (QED) is 0.656. The summed E-state index contributed by atoms with van der Waals surface area (Å²) in [6, 6.07) is 10.2. The lowest BCUT2D eigenvalue weighted by Crippen LogP contribution is -2.38. The zero-order valence-corrected chi connectivity index (χ0v) is 16.3. The first-order valence-corrected chi connectivity index (χ1v) is 9.80. The molecule has 3 N–H and O–H groups in total. The van der Waals surface area contributed by atoms with E-state index in [1.165, 1.54) is 6.42 Å². The minimum Gasteiger partial charge on any atom is -0.389 e. The maximum atomic E-state index is 9.84. The topological polar surface area (TPSA) is 74.5 Å². The molecule has 3 aromatic heterocycles. The van der Waals surface area contributed by atoms with Gasteiger partial charge in [0.15, 0.2) is 0 Å². The third-order valence-electron chi connectivity index (χ3n) is 4.67. The van der Waals surface area contributed by atoms with Gasteiger partial charge in [-0.1, -0.05) is 26.0 Å². The number of piperidine rings is 1. The van der Waals surface area contributed by atoms with Crippen LogP contribution in [0.1, 0.15) is 45.3 Å². The highest BCUT2D eigenvalue weighted by molar-refractivity contribution is 5.62. The van der Waals surface area contributed by atoms with Crippen LogP contribution in [-0.4, -0.2) is 38.6 Å². The first kappa shape index (κ1) is 19.3. The Morgan fingerprint density at radius 2 is 2.11 bits per heavy atom. The van der Waals surface area contributed by atoms with Gasteiger partial charge in [0, 0.05) is 18.8 Å². The number of hydrogen-bond acceptors (Lipinski definition) is 5. The smallest absolute Gasteiger partial charge is 0.137 e. The summed E-state index contributed by atoms with van der Waals surface area (Å²) in [5.74, 6) is 0.882. The van der Waals surface area contributed by atoms with E-state index in [-0.39, 0.29) is 0 Å². The molecule has 1 aliphatic rings. The van der Waals surface area contributed by atoms with Crippen LogP contribution >= 0.6 is 0 Å². The fourth-order valence-corrected chi connectivity index (χ4v) is 3.28. The molecule has 0 aliphatic carbocycles. The molecule has 144 valence electrons. The van der Waals surface area contributed by atoms with Gasteiger partial charge < -0.3 is 15.7 Å². The molecule has 0 aromatic carbocycles. The Kier molecular flexibility index (Phi) is 6.42. The monoisotopic (exact) mass is 367 g/mol. The van der Waals surface area contributed by atoms with Crippen LogP contribution in [0.4, 0.5) is 5.82 Å². The van der Waals surface area contributed by atoms with Crippen LogP contribution in [0, 0.1) is 0 Å². The highest BCUT2D eigenvalue weighted by atomic mass is 16.3. The van der Waals surface area contributed by atoms with Gasteiger partial charge in [0.2, 0.25) is 0 Å². The Morgan fingerprint density at radius 1 is 1.26 bits per heavy atom. The summed E-state index contributed by atoms with van der Waals surface area (Å²) in [5, 5.41) is 16.8. The van der Waals surface area contributed by atoms with E-state index < -0.39 is 6.10 Å². The summed E-state index contributed by atoms with van der Waals surface area (Å²) in [6.45, 7) is 7.83. The van der Waals surface area contributed by atoms with E-state index in [2.05, 4.69) is 15.6 Å². The Balaban J connectivity index is 0.00000102. The third-order valence-corrected chi connectivity index (χ3v) is 4.67. The first-order valence-electron chi connectivity index (χ1n) is 9.80. The SMILES string of the molecule is CC.CC(O)c1ccc2ncc(-c3cccc(NC4CCCNC4)n3)n2c1. The van der Waals surface area contributed by atoms with E-state index in [1.807, 2.05) is 61.0 Å². The van der Waals surface area contributed by atoms with Crippen molar-refractivity contribution in [2.45, 2.75) is 45.8 Å². The second-order valence-corrected chi connectivity index (χ2v) is 6.61. The zero-order valence-electron chi connectivity index (χ0n) is 16.3. The number of aliphatic hydroxyl groups excluding tert-OH is 1. The number of anilines is 1. The van der Waals surface area contributed by atoms with Gasteiger partial charge in [-0.05, 0) is 50.1 Å². The maximum absolute atomic E-state index is 9.84. The Hall–Kier alpha value is -2.44. The second kappa shape index (κ2) is 8.97. The Bertz CT molecular complexity index is 868. The molecule has 0 spiro atoms. The zero-order chi connectivity index (χ0) is 19.2. The summed E-state index contributed by atoms with van der Waals surface area (Å²) in [7, 11) is 0. The summed E-state index contributed by atoms with van der Waals surface area (Å²) >= 11 is 0. The van der Waals surface area contributed by atoms with Crippen molar-refractivity contribution >= 4 is 11.5 Å². The molecule has 0 saturated carbocycles. The molecule has 3 aromatic rings. The summed E-state index contributed by atoms with van der Waals surface area (Å²) < 4.78 is 1.98. The molecule has 6 nitrogen and oxygen atoms in total. The average molecular weight is 367 g/mol. The molecule has 1 fully saturated rings. The van der Waals surface area contributed by atoms with Crippen molar-refractivity contribution in [2.24, 2.45) is 0 Å². The van der Waals surface area contributed by atoms with Crippen LogP contribution in [-0.2, 0) is 0 Å². The number of hydrogen-bond donors (Lipinski definition) is 3. The molecule has 1 saturated heterocycles. The number of aromatic nitrogens is 3. The fourth-order valence-electron chi connectivity index (χ4n) is 3.28. The lowest BCUT2D eigenvalue weighted by atomic mass is 10.1. The van der Waals surface area contributed by atoms with Gasteiger partial charge in [-0.25, -0.2) is 9.97 Å². The van der Waals surface area contributed by atoms with Crippen LogP contribution in [0.3, 0.4) is 0 Å². The molecule has 0 amide bonds. The van der Waals surface area contributed by atoms with Crippen LogP contribution in [0.5, 0.6) is 0 Å². The van der Waals surface area contributed by atoms with Crippen LogP contribution < -0.4 is 10.6 Å². The van der Waals surface area contributed by atoms with Crippen LogP contribution in [0.2, 0.25) is 0 Å². The highest BCUT2D eigenvalue weighted by Gasteiger charge is 2.14. The summed E-state index contributed by atoms with van der Waals surface area (Å²) in [4.78, 5) is 9.22. The largest absolute Gasteiger partial charge is 0.389 e. The lowest BCUT2D eigenvalue weighted by molar-refractivity contribution is 0.199. The maximum Gasteiger partial charge on any atom is 0.137 e. The Labute approximate surface area is 160 Å². The van der Waals surface area contributed by atoms with E-state index >= 15 is 0 Å². The molecule has 27 heavy (non-hydrogen) atoms. The number of rotatable bonds is 4. The number of pyridine rings is 2. The predicted molar refractivity (Wildman–Crippen MR) is 110 cm³/mol. The Morgan fingerprint density at radius 3 is 2.85 bits per heavy atom. The van der Waals surface area contributed by atoms with Gasteiger partial charge in [-0.15, -0.1) is 0 Å². The number of fused-ring (bicyclic) bond motifs is 1. The number of nitrogens with one attached hydrogen (secondary N) is 2.